The number of benzene rings is 2. The van der Waals surface area contributed by atoms with E-state index in [0.29, 0.717) is 6.42 Å². The first-order valence-electron chi connectivity index (χ1n) is 9.12. The molecule has 0 heterocycles. The van der Waals surface area contributed by atoms with Crippen LogP contribution in [-0.2, 0) is 17.6 Å². The molecule has 5 heteroatoms. The van der Waals surface area contributed by atoms with Gasteiger partial charge < -0.3 is 15.7 Å². The van der Waals surface area contributed by atoms with Gasteiger partial charge in [-0.25, -0.2) is 4.39 Å². The van der Waals surface area contributed by atoms with E-state index in [1.807, 2.05) is 12.1 Å². The van der Waals surface area contributed by atoms with Gasteiger partial charge in [0, 0.05) is 6.54 Å². The van der Waals surface area contributed by atoms with Gasteiger partial charge in [0.25, 0.3) is 0 Å². The zero-order chi connectivity index (χ0) is 18.4. The topological polar surface area (TPSA) is 61.4 Å². The molecule has 2 aromatic carbocycles. The van der Waals surface area contributed by atoms with Crippen LogP contribution >= 0.6 is 0 Å². The Morgan fingerprint density at radius 2 is 2.08 bits per heavy atom. The van der Waals surface area contributed by atoms with Gasteiger partial charge in [-0.15, -0.1) is 0 Å². The normalized spacial score (nSPS) is 17.4. The SMILES string of the molecule is O=C(CNCC(O)Cc1cccc(F)c1)NC1CCCc2ccccc21. The van der Waals surface area contributed by atoms with Gasteiger partial charge in [0.1, 0.15) is 5.82 Å². The third-order valence-corrected chi connectivity index (χ3v) is 4.73. The molecule has 1 aliphatic rings. The molecule has 3 rings (SSSR count). The van der Waals surface area contributed by atoms with E-state index in [-0.39, 0.29) is 30.9 Å². The molecule has 3 N–H and O–H groups in total. The third kappa shape index (κ3) is 5.13. The molecule has 0 radical (unpaired) electrons. The number of aliphatic hydroxyl groups excluding tert-OH is 1. The van der Waals surface area contributed by atoms with Crippen molar-refractivity contribution in [2.75, 3.05) is 13.1 Å². The summed E-state index contributed by atoms with van der Waals surface area (Å²) in [5.41, 5.74) is 3.25. The molecule has 1 amide bonds. The number of hydrogen-bond donors (Lipinski definition) is 3. The minimum Gasteiger partial charge on any atom is -0.391 e. The van der Waals surface area contributed by atoms with Crippen LogP contribution in [0.15, 0.2) is 48.5 Å². The van der Waals surface area contributed by atoms with E-state index in [1.165, 1.54) is 23.3 Å². The van der Waals surface area contributed by atoms with Crippen LogP contribution in [0.3, 0.4) is 0 Å². The molecule has 2 unspecified atom stereocenters. The van der Waals surface area contributed by atoms with Gasteiger partial charge in [-0.3, -0.25) is 4.79 Å². The van der Waals surface area contributed by atoms with Crippen molar-refractivity contribution in [3.63, 3.8) is 0 Å². The maximum atomic E-state index is 13.2. The van der Waals surface area contributed by atoms with E-state index >= 15 is 0 Å². The van der Waals surface area contributed by atoms with E-state index < -0.39 is 6.10 Å². The molecule has 0 saturated carbocycles. The molecule has 0 saturated heterocycles. The smallest absolute Gasteiger partial charge is 0.234 e. The summed E-state index contributed by atoms with van der Waals surface area (Å²) in [5.74, 6) is -0.389. The predicted molar refractivity (Wildman–Crippen MR) is 99.2 cm³/mol. The summed E-state index contributed by atoms with van der Waals surface area (Å²) in [6.07, 6.45) is 2.77. The molecule has 0 bridgehead atoms. The van der Waals surface area contributed by atoms with Crippen molar-refractivity contribution >= 4 is 5.91 Å². The number of aliphatic hydroxyl groups is 1. The molecular formula is C21H25FN2O2. The number of nitrogens with one attached hydrogen (secondary N) is 2. The summed E-state index contributed by atoms with van der Waals surface area (Å²) in [7, 11) is 0. The van der Waals surface area contributed by atoms with Crippen molar-refractivity contribution in [1.29, 1.82) is 0 Å². The first kappa shape index (κ1) is 18.5. The fourth-order valence-electron chi connectivity index (χ4n) is 3.51. The number of fused-ring (bicyclic) bond motifs is 1. The zero-order valence-electron chi connectivity index (χ0n) is 14.7. The Labute approximate surface area is 153 Å². The molecule has 0 fully saturated rings. The van der Waals surface area contributed by atoms with Crippen LogP contribution in [0.25, 0.3) is 0 Å². The van der Waals surface area contributed by atoms with Gasteiger partial charge >= 0.3 is 0 Å². The average molecular weight is 356 g/mol. The summed E-state index contributed by atoms with van der Waals surface area (Å²) >= 11 is 0. The zero-order valence-corrected chi connectivity index (χ0v) is 14.7. The standard InChI is InChI=1S/C21H25FN2O2/c22-17-8-3-5-15(11-17)12-18(25)13-23-14-21(26)24-20-10-4-7-16-6-1-2-9-19(16)20/h1-3,5-6,8-9,11,18,20,23,25H,4,7,10,12-14H2,(H,24,26). The molecule has 138 valence electrons. The highest BCUT2D eigenvalue weighted by atomic mass is 19.1. The Hall–Kier alpha value is -2.24. The fourth-order valence-corrected chi connectivity index (χ4v) is 3.51. The minimum atomic E-state index is -0.667. The van der Waals surface area contributed by atoms with Crippen LogP contribution in [0.1, 0.15) is 35.6 Å². The van der Waals surface area contributed by atoms with Gasteiger partial charge in [-0.05, 0) is 54.5 Å². The van der Waals surface area contributed by atoms with Gasteiger partial charge in [0.05, 0.1) is 18.7 Å². The largest absolute Gasteiger partial charge is 0.391 e. The lowest BCUT2D eigenvalue weighted by Crippen LogP contribution is -2.40. The van der Waals surface area contributed by atoms with Crippen LogP contribution in [0.4, 0.5) is 4.39 Å². The number of halogens is 1. The number of rotatable bonds is 7. The molecule has 0 spiro atoms. The molecule has 2 aromatic rings. The maximum absolute atomic E-state index is 13.2. The second-order valence-electron chi connectivity index (χ2n) is 6.83. The Bertz CT molecular complexity index is 750. The number of aryl methyl sites for hydroxylation is 1. The molecule has 2 atom stereocenters. The third-order valence-electron chi connectivity index (χ3n) is 4.73. The van der Waals surface area contributed by atoms with Crippen molar-refractivity contribution in [2.24, 2.45) is 0 Å². The molecule has 1 aliphatic carbocycles. The Kier molecular flexibility index (Phi) is 6.36. The molecule has 26 heavy (non-hydrogen) atoms. The first-order chi connectivity index (χ1) is 12.6. The van der Waals surface area contributed by atoms with E-state index in [1.54, 1.807) is 12.1 Å². The highest BCUT2D eigenvalue weighted by Crippen LogP contribution is 2.29. The average Bonchev–Trinajstić information content (AvgIpc) is 2.62. The quantitative estimate of drug-likeness (QED) is 0.714. The Balaban J connectivity index is 1.42. The summed E-state index contributed by atoms with van der Waals surface area (Å²) in [5, 5.41) is 16.1. The van der Waals surface area contributed by atoms with E-state index in [9.17, 15) is 14.3 Å². The van der Waals surface area contributed by atoms with Crippen molar-refractivity contribution in [3.8, 4) is 0 Å². The lowest BCUT2D eigenvalue weighted by molar-refractivity contribution is -0.121. The van der Waals surface area contributed by atoms with Gasteiger partial charge in [0.2, 0.25) is 5.91 Å². The first-order valence-corrected chi connectivity index (χ1v) is 9.12. The summed E-state index contributed by atoms with van der Waals surface area (Å²) in [6, 6.07) is 14.5. The fraction of sp³-hybridized carbons (Fsp3) is 0.381. The highest BCUT2D eigenvalue weighted by Gasteiger charge is 2.21. The molecule has 0 aliphatic heterocycles. The van der Waals surface area contributed by atoms with E-state index in [2.05, 4.69) is 22.8 Å². The van der Waals surface area contributed by atoms with Crippen molar-refractivity contribution in [1.82, 2.24) is 10.6 Å². The van der Waals surface area contributed by atoms with Crippen molar-refractivity contribution in [3.05, 3.63) is 71.0 Å². The highest BCUT2D eigenvalue weighted by molar-refractivity contribution is 5.78. The summed E-state index contributed by atoms with van der Waals surface area (Å²) in [6.45, 7) is 0.435. The van der Waals surface area contributed by atoms with E-state index in [0.717, 1.165) is 24.8 Å². The second-order valence-corrected chi connectivity index (χ2v) is 6.83. The van der Waals surface area contributed by atoms with E-state index in [4.69, 9.17) is 0 Å². The van der Waals surface area contributed by atoms with Crippen LogP contribution in [0, 0.1) is 5.82 Å². The van der Waals surface area contributed by atoms with Gasteiger partial charge in [-0.1, -0.05) is 36.4 Å². The molecule has 4 nitrogen and oxygen atoms in total. The molecular weight excluding hydrogens is 331 g/mol. The van der Waals surface area contributed by atoms with Crippen molar-refractivity contribution < 1.29 is 14.3 Å². The number of hydrogen-bond acceptors (Lipinski definition) is 3. The van der Waals surface area contributed by atoms with Crippen LogP contribution in [0.5, 0.6) is 0 Å². The Morgan fingerprint density at radius 1 is 1.23 bits per heavy atom. The van der Waals surface area contributed by atoms with Crippen LogP contribution in [0.2, 0.25) is 0 Å². The maximum Gasteiger partial charge on any atom is 0.234 e. The van der Waals surface area contributed by atoms with Gasteiger partial charge in [0.15, 0.2) is 0 Å². The van der Waals surface area contributed by atoms with Gasteiger partial charge in [-0.2, -0.15) is 0 Å². The number of carbonyl (C=O) groups is 1. The monoisotopic (exact) mass is 356 g/mol. The summed E-state index contributed by atoms with van der Waals surface area (Å²) in [4.78, 5) is 12.2. The summed E-state index contributed by atoms with van der Waals surface area (Å²) < 4.78 is 13.2. The second kappa shape index (κ2) is 8.92. The predicted octanol–water partition coefficient (Wildman–Crippen LogP) is 2.51. The number of amides is 1. The van der Waals surface area contributed by atoms with Crippen molar-refractivity contribution in [2.45, 2.75) is 37.8 Å². The number of carbonyl (C=O) groups excluding carboxylic acids is 1. The lowest BCUT2D eigenvalue weighted by atomic mass is 9.88. The Morgan fingerprint density at radius 3 is 2.92 bits per heavy atom. The van der Waals surface area contributed by atoms with Crippen LogP contribution in [-0.4, -0.2) is 30.2 Å². The minimum absolute atomic E-state index is 0.0615. The van der Waals surface area contributed by atoms with Crippen LogP contribution < -0.4 is 10.6 Å². The lowest BCUT2D eigenvalue weighted by Gasteiger charge is -2.26. The molecule has 0 aromatic heterocycles.